The van der Waals surface area contributed by atoms with Gasteiger partial charge in [-0.2, -0.15) is 0 Å². The molecule has 0 aliphatic heterocycles. The van der Waals surface area contributed by atoms with Crippen LogP contribution in [0, 0.1) is 5.92 Å². The number of benzene rings is 1. The number of nitrogens with zero attached hydrogens (tertiary/aromatic N) is 1. The highest BCUT2D eigenvalue weighted by molar-refractivity contribution is 5.83. The first kappa shape index (κ1) is 13.2. The summed E-state index contributed by atoms with van der Waals surface area (Å²) in [6.07, 6.45) is 6.84. The molecule has 1 aliphatic carbocycles. The Morgan fingerprint density at radius 3 is 2.75 bits per heavy atom. The van der Waals surface area contributed by atoms with E-state index in [0.29, 0.717) is 6.04 Å². The van der Waals surface area contributed by atoms with Crippen molar-refractivity contribution in [3.63, 3.8) is 0 Å². The highest BCUT2D eigenvalue weighted by atomic mass is 15.0. The molecular formula is C17H23N3. The summed E-state index contributed by atoms with van der Waals surface area (Å²) >= 11 is 0. The zero-order valence-corrected chi connectivity index (χ0v) is 12.1. The first-order chi connectivity index (χ1) is 9.72. The molecule has 0 saturated heterocycles. The largest absolute Gasteiger partial charge is 0.399 e. The Labute approximate surface area is 120 Å². The molecule has 0 bridgehead atoms. The molecule has 1 unspecified atom stereocenters. The third-order valence-corrected chi connectivity index (χ3v) is 4.45. The van der Waals surface area contributed by atoms with Crippen LogP contribution in [-0.4, -0.2) is 11.0 Å². The summed E-state index contributed by atoms with van der Waals surface area (Å²) in [7, 11) is 0. The lowest BCUT2D eigenvalue weighted by Crippen LogP contribution is -2.28. The van der Waals surface area contributed by atoms with Crippen molar-refractivity contribution in [2.24, 2.45) is 5.92 Å². The molecule has 20 heavy (non-hydrogen) atoms. The van der Waals surface area contributed by atoms with Crippen LogP contribution in [0.4, 0.5) is 11.5 Å². The molecule has 1 aromatic heterocycles. The molecule has 3 rings (SSSR count). The molecule has 0 radical (unpaired) electrons. The van der Waals surface area contributed by atoms with Gasteiger partial charge >= 0.3 is 0 Å². The van der Waals surface area contributed by atoms with Gasteiger partial charge in [0.1, 0.15) is 5.82 Å². The Hall–Kier alpha value is -1.77. The van der Waals surface area contributed by atoms with Gasteiger partial charge in [-0.1, -0.05) is 19.3 Å². The summed E-state index contributed by atoms with van der Waals surface area (Å²) in [5.41, 5.74) is 7.58. The minimum atomic E-state index is 0.494. The fourth-order valence-corrected chi connectivity index (χ4v) is 3.21. The lowest BCUT2D eigenvalue weighted by molar-refractivity contribution is 0.328. The van der Waals surface area contributed by atoms with E-state index in [1.165, 1.54) is 32.1 Å². The predicted octanol–water partition coefficient (Wildman–Crippen LogP) is 4.20. The molecule has 1 saturated carbocycles. The van der Waals surface area contributed by atoms with Gasteiger partial charge in [0.15, 0.2) is 0 Å². The summed E-state index contributed by atoms with van der Waals surface area (Å²) in [5.74, 6) is 1.76. The number of hydrogen-bond donors (Lipinski definition) is 2. The monoisotopic (exact) mass is 269 g/mol. The molecule has 1 aliphatic rings. The van der Waals surface area contributed by atoms with Crippen LogP contribution in [0.25, 0.3) is 10.9 Å². The van der Waals surface area contributed by atoms with Crippen molar-refractivity contribution in [3.05, 3.63) is 30.3 Å². The van der Waals surface area contributed by atoms with Gasteiger partial charge in [-0.3, -0.25) is 0 Å². The van der Waals surface area contributed by atoms with Crippen LogP contribution in [0.5, 0.6) is 0 Å². The van der Waals surface area contributed by atoms with E-state index in [4.69, 9.17) is 5.73 Å². The number of hydrogen-bond acceptors (Lipinski definition) is 3. The molecule has 2 aromatic rings. The number of pyridine rings is 1. The zero-order valence-electron chi connectivity index (χ0n) is 12.1. The molecular weight excluding hydrogens is 246 g/mol. The van der Waals surface area contributed by atoms with Gasteiger partial charge in [0.25, 0.3) is 0 Å². The van der Waals surface area contributed by atoms with Crippen LogP contribution in [0.2, 0.25) is 0 Å². The molecule has 0 spiro atoms. The number of aromatic nitrogens is 1. The molecule has 3 N–H and O–H groups in total. The number of nitrogens with two attached hydrogens (primary N) is 1. The Kier molecular flexibility index (Phi) is 3.77. The van der Waals surface area contributed by atoms with Crippen LogP contribution in [0.15, 0.2) is 30.3 Å². The lowest BCUT2D eigenvalue weighted by atomic mass is 9.84. The standard InChI is InChI=1S/C17H23N3/c1-12(13-5-3-2-4-6-13)19-17-10-7-14-11-15(18)8-9-16(14)20-17/h7-13H,2-6,18H2,1H3,(H,19,20). The molecule has 3 heteroatoms. The summed E-state index contributed by atoms with van der Waals surface area (Å²) in [6, 6.07) is 10.5. The van der Waals surface area contributed by atoms with E-state index in [2.05, 4.69) is 29.4 Å². The quantitative estimate of drug-likeness (QED) is 0.821. The van der Waals surface area contributed by atoms with Crippen LogP contribution < -0.4 is 11.1 Å². The first-order valence-electron chi connectivity index (χ1n) is 7.65. The van der Waals surface area contributed by atoms with Gasteiger partial charge in [0.05, 0.1) is 5.52 Å². The van der Waals surface area contributed by atoms with Crippen LogP contribution in [0.1, 0.15) is 39.0 Å². The van der Waals surface area contributed by atoms with Crippen molar-refractivity contribution >= 4 is 22.4 Å². The van der Waals surface area contributed by atoms with E-state index in [0.717, 1.165) is 28.3 Å². The normalized spacial score (nSPS) is 18.1. The Balaban J connectivity index is 1.75. The highest BCUT2D eigenvalue weighted by Gasteiger charge is 2.20. The molecule has 0 amide bonds. The molecule has 1 fully saturated rings. The number of rotatable bonds is 3. The molecule has 106 valence electrons. The Morgan fingerprint density at radius 2 is 1.95 bits per heavy atom. The number of nitrogens with one attached hydrogen (secondary N) is 1. The fraction of sp³-hybridized carbons (Fsp3) is 0.471. The third kappa shape index (κ3) is 2.87. The maximum Gasteiger partial charge on any atom is 0.126 e. The van der Waals surface area contributed by atoms with Gasteiger partial charge in [-0.05, 0) is 56.0 Å². The van der Waals surface area contributed by atoms with Crippen molar-refractivity contribution < 1.29 is 0 Å². The zero-order chi connectivity index (χ0) is 13.9. The number of anilines is 2. The van der Waals surface area contributed by atoms with Gasteiger partial charge in [0, 0.05) is 17.1 Å². The maximum absolute atomic E-state index is 5.80. The van der Waals surface area contributed by atoms with Gasteiger partial charge in [0.2, 0.25) is 0 Å². The Morgan fingerprint density at radius 1 is 1.15 bits per heavy atom. The summed E-state index contributed by atoms with van der Waals surface area (Å²) in [5, 5.41) is 4.67. The van der Waals surface area contributed by atoms with Crippen LogP contribution in [-0.2, 0) is 0 Å². The minimum Gasteiger partial charge on any atom is -0.399 e. The van der Waals surface area contributed by atoms with E-state index in [-0.39, 0.29) is 0 Å². The van der Waals surface area contributed by atoms with Crippen molar-refractivity contribution in [1.29, 1.82) is 0 Å². The smallest absolute Gasteiger partial charge is 0.126 e. The highest BCUT2D eigenvalue weighted by Crippen LogP contribution is 2.28. The topological polar surface area (TPSA) is 50.9 Å². The summed E-state index contributed by atoms with van der Waals surface area (Å²) < 4.78 is 0. The fourth-order valence-electron chi connectivity index (χ4n) is 3.21. The third-order valence-electron chi connectivity index (χ3n) is 4.45. The van der Waals surface area contributed by atoms with E-state index in [1.807, 2.05) is 18.2 Å². The average Bonchev–Trinajstić information content (AvgIpc) is 2.48. The number of fused-ring (bicyclic) bond motifs is 1. The van der Waals surface area contributed by atoms with Gasteiger partial charge in [-0.25, -0.2) is 4.98 Å². The minimum absolute atomic E-state index is 0.494. The van der Waals surface area contributed by atoms with Crippen molar-refractivity contribution in [3.8, 4) is 0 Å². The SMILES string of the molecule is CC(Nc1ccc2cc(N)ccc2n1)C1CCCCC1. The van der Waals surface area contributed by atoms with E-state index in [1.54, 1.807) is 0 Å². The van der Waals surface area contributed by atoms with Gasteiger partial charge < -0.3 is 11.1 Å². The molecule has 1 heterocycles. The molecule has 3 nitrogen and oxygen atoms in total. The summed E-state index contributed by atoms with van der Waals surface area (Å²) in [4.78, 5) is 4.68. The average molecular weight is 269 g/mol. The lowest BCUT2D eigenvalue weighted by Gasteiger charge is -2.28. The molecule has 1 aromatic carbocycles. The number of nitrogen functional groups attached to an aromatic ring is 1. The Bertz CT molecular complexity index is 588. The van der Waals surface area contributed by atoms with Crippen LogP contribution in [0.3, 0.4) is 0 Å². The summed E-state index contributed by atoms with van der Waals surface area (Å²) in [6.45, 7) is 2.28. The first-order valence-corrected chi connectivity index (χ1v) is 7.65. The van der Waals surface area contributed by atoms with E-state index >= 15 is 0 Å². The molecule has 1 atom stereocenters. The van der Waals surface area contributed by atoms with E-state index in [9.17, 15) is 0 Å². The second-order valence-corrected chi connectivity index (χ2v) is 5.98. The second kappa shape index (κ2) is 5.70. The van der Waals surface area contributed by atoms with E-state index < -0.39 is 0 Å². The van der Waals surface area contributed by atoms with Crippen molar-refractivity contribution in [1.82, 2.24) is 4.98 Å². The van der Waals surface area contributed by atoms with Crippen molar-refractivity contribution in [2.75, 3.05) is 11.1 Å². The predicted molar refractivity (Wildman–Crippen MR) is 85.8 cm³/mol. The van der Waals surface area contributed by atoms with Gasteiger partial charge in [-0.15, -0.1) is 0 Å². The van der Waals surface area contributed by atoms with Crippen molar-refractivity contribution in [2.45, 2.75) is 45.1 Å². The van der Waals surface area contributed by atoms with Crippen LogP contribution >= 0.6 is 0 Å². The maximum atomic E-state index is 5.80. The second-order valence-electron chi connectivity index (χ2n) is 5.98.